The molecule has 1 aliphatic carbocycles. The molecule has 118 valence electrons. The van der Waals surface area contributed by atoms with Gasteiger partial charge in [0, 0.05) is 11.3 Å². The van der Waals surface area contributed by atoms with E-state index in [1.165, 1.54) is 25.0 Å². The lowest BCUT2D eigenvalue weighted by atomic mass is 10.2. The summed E-state index contributed by atoms with van der Waals surface area (Å²) < 4.78 is 1.84. The monoisotopic (exact) mass is 317 g/mol. The van der Waals surface area contributed by atoms with Crippen molar-refractivity contribution >= 4 is 11.8 Å². The second kappa shape index (κ2) is 7.24. The van der Waals surface area contributed by atoms with Crippen molar-refractivity contribution in [3.8, 4) is 5.69 Å². The molecule has 0 spiro atoms. The van der Waals surface area contributed by atoms with E-state index in [9.17, 15) is 0 Å². The van der Waals surface area contributed by atoms with Gasteiger partial charge in [0.1, 0.15) is 0 Å². The zero-order valence-corrected chi connectivity index (χ0v) is 14.0. The standard InChI is InChI=1S/C16H23N5S/c1-3-22-15-10-9-14(11-15)20(2)12-16-17-18-19-21(16)13-7-5-4-6-8-13/h4-8,14-15H,3,9-12H2,1-2H3/t14-,15+/m1/s1. The molecule has 3 rings (SSSR count). The SMILES string of the molecule is CCS[C@H]1CC[C@@H](N(C)Cc2nnnn2-c2ccccc2)C1. The van der Waals surface area contributed by atoms with Gasteiger partial charge in [-0.3, -0.25) is 4.90 Å². The molecule has 1 saturated carbocycles. The summed E-state index contributed by atoms with van der Waals surface area (Å²) in [6, 6.07) is 10.7. The molecule has 5 nitrogen and oxygen atoms in total. The largest absolute Gasteiger partial charge is 0.296 e. The summed E-state index contributed by atoms with van der Waals surface area (Å²) in [6.45, 7) is 3.03. The third kappa shape index (κ3) is 3.50. The fourth-order valence-corrected chi connectivity index (χ4v) is 4.26. The van der Waals surface area contributed by atoms with Gasteiger partial charge < -0.3 is 0 Å². The molecule has 0 unspecified atom stereocenters. The Balaban J connectivity index is 1.66. The Bertz CT molecular complexity index is 585. The van der Waals surface area contributed by atoms with Crippen LogP contribution in [-0.4, -0.2) is 49.2 Å². The van der Waals surface area contributed by atoms with Crippen LogP contribution in [0.2, 0.25) is 0 Å². The van der Waals surface area contributed by atoms with E-state index in [0.29, 0.717) is 6.04 Å². The van der Waals surface area contributed by atoms with Crippen LogP contribution in [0.3, 0.4) is 0 Å². The Morgan fingerprint density at radius 3 is 2.86 bits per heavy atom. The molecule has 0 saturated heterocycles. The van der Waals surface area contributed by atoms with E-state index in [4.69, 9.17) is 0 Å². The lowest BCUT2D eigenvalue weighted by Gasteiger charge is -2.23. The Kier molecular flexibility index (Phi) is 5.10. The minimum absolute atomic E-state index is 0.643. The van der Waals surface area contributed by atoms with Crippen LogP contribution in [-0.2, 0) is 6.54 Å². The van der Waals surface area contributed by atoms with Gasteiger partial charge in [-0.1, -0.05) is 25.1 Å². The first kappa shape index (κ1) is 15.5. The maximum Gasteiger partial charge on any atom is 0.170 e. The normalized spacial score (nSPS) is 21.6. The van der Waals surface area contributed by atoms with E-state index in [-0.39, 0.29) is 0 Å². The highest BCUT2D eigenvalue weighted by Crippen LogP contribution is 2.32. The van der Waals surface area contributed by atoms with Crippen molar-refractivity contribution in [3.05, 3.63) is 36.2 Å². The molecule has 0 amide bonds. The van der Waals surface area contributed by atoms with Gasteiger partial charge in [0.2, 0.25) is 0 Å². The fraction of sp³-hybridized carbons (Fsp3) is 0.562. The quantitative estimate of drug-likeness (QED) is 0.820. The van der Waals surface area contributed by atoms with Crippen molar-refractivity contribution in [3.63, 3.8) is 0 Å². The predicted molar refractivity (Wildman–Crippen MR) is 90.2 cm³/mol. The number of benzene rings is 1. The number of thioether (sulfide) groups is 1. The van der Waals surface area contributed by atoms with Crippen LogP contribution in [0.15, 0.2) is 30.3 Å². The highest BCUT2D eigenvalue weighted by molar-refractivity contribution is 7.99. The van der Waals surface area contributed by atoms with Gasteiger partial charge in [0.05, 0.1) is 12.2 Å². The Labute approximate surface area is 136 Å². The predicted octanol–water partition coefficient (Wildman–Crippen LogP) is 2.77. The molecule has 0 bridgehead atoms. The topological polar surface area (TPSA) is 46.8 Å². The molecule has 22 heavy (non-hydrogen) atoms. The van der Waals surface area contributed by atoms with E-state index < -0.39 is 0 Å². The Hall–Kier alpha value is -1.40. The van der Waals surface area contributed by atoms with E-state index in [1.54, 1.807) is 0 Å². The summed E-state index contributed by atoms with van der Waals surface area (Å²) in [5, 5.41) is 13.0. The lowest BCUT2D eigenvalue weighted by molar-refractivity contribution is 0.230. The number of hydrogen-bond donors (Lipinski definition) is 0. The molecule has 0 aliphatic heterocycles. The molecule has 0 N–H and O–H groups in total. The zero-order chi connectivity index (χ0) is 15.4. The molecule has 2 aromatic rings. The fourth-order valence-electron chi connectivity index (χ4n) is 3.13. The van der Waals surface area contributed by atoms with E-state index >= 15 is 0 Å². The van der Waals surface area contributed by atoms with Crippen LogP contribution in [0.1, 0.15) is 32.0 Å². The van der Waals surface area contributed by atoms with Crippen LogP contribution in [0.4, 0.5) is 0 Å². The number of nitrogens with zero attached hydrogens (tertiary/aromatic N) is 5. The van der Waals surface area contributed by atoms with Gasteiger partial charge in [-0.2, -0.15) is 16.4 Å². The van der Waals surface area contributed by atoms with Crippen LogP contribution in [0, 0.1) is 0 Å². The van der Waals surface area contributed by atoms with Crippen molar-refractivity contribution in [1.82, 2.24) is 25.1 Å². The van der Waals surface area contributed by atoms with Gasteiger partial charge in [-0.25, -0.2) is 0 Å². The first-order valence-corrected chi connectivity index (χ1v) is 8.97. The van der Waals surface area contributed by atoms with Gasteiger partial charge in [0.15, 0.2) is 5.82 Å². The van der Waals surface area contributed by atoms with E-state index in [0.717, 1.165) is 23.3 Å². The highest BCUT2D eigenvalue weighted by atomic mass is 32.2. The molecular formula is C16H23N5S. The Morgan fingerprint density at radius 2 is 2.09 bits per heavy atom. The molecular weight excluding hydrogens is 294 g/mol. The first-order valence-electron chi connectivity index (χ1n) is 7.92. The van der Waals surface area contributed by atoms with Gasteiger partial charge in [0.25, 0.3) is 0 Å². The number of hydrogen-bond acceptors (Lipinski definition) is 5. The smallest absolute Gasteiger partial charge is 0.170 e. The van der Waals surface area contributed by atoms with E-state index in [1.807, 2.05) is 35.0 Å². The van der Waals surface area contributed by atoms with Crippen molar-refractivity contribution in [2.24, 2.45) is 0 Å². The van der Waals surface area contributed by atoms with Gasteiger partial charge >= 0.3 is 0 Å². The molecule has 6 heteroatoms. The molecule has 1 aromatic carbocycles. The summed E-state index contributed by atoms with van der Waals surface area (Å²) in [5.74, 6) is 2.12. The average Bonchev–Trinajstić information content (AvgIpc) is 3.18. The van der Waals surface area contributed by atoms with Crippen molar-refractivity contribution < 1.29 is 0 Å². The summed E-state index contributed by atoms with van der Waals surface area (Å²) in [7, 11) is 2.19. The number of para-hydroxylation sites is 1. The number of aromatic nitrogens is 4. The van der Waals surface area contributed by atoms with Crippen LogP contribution >= 0.6 is 11.8 Å². The second-order valence-electron chi connectivity index (χ2n) is 5.80. The maximum absolute atomic E-state index is 4.21. The van der Waals surface area contributed by atoms with Crippen LogP contribution < -0.4 is 0 Å². The molecule has 2 atom stereocenters. The van der Waals surface area contributed by atoms with Crippen LogP contribution in [0.5, 0.6) is 0 Å². The van der Waals surface area contributed by atoms with Gasteiger partial charge in [-0.15, -0.1) is 5.10 Å². The van der Waals surface area contributed by atoms with Crippen molar-refractivity contribution in [1.29, 1.82) is 0 Å². The third-order valence-electron chi connectivity index (χ3n) is 4.31. The molecule has 1 aliphatic rings. The molecule has 1 fully saturated rings. The Morgan fingerprint density at radius 1 is 1.27 bits per heavy atom. The number of rotatable bonds is 6. The lowest BCUT2D eigenvalue weighted by Crippen LogP contribution is -2.30. The molecule has 0 radical (unpaired) electrons. The zero-order valence-electron chi connectivity index (χ0n) is 13.2. The van der Waals surface area contributed by atoms with Gasteiger partial charge in [-0.05, 0) is 54.6 Å². The minimum atomic E-state index is 0.643. The minimum Gasteiger partial charge on any atom is -0.296 e. The highest BCUT2D eigenvalue weighted by Gasteiger charge is 2.28. The maximum atomic E-state index is 4.21. The summed E-state index contributed by atoms with van der Waals surface area (Å²) in [6.07, 6.45) is 3.89. The second-order valence-corrected chi connectivity index (χ2v) is 7.38. The molecule has 1 aromatic heterocycles. The average molecular weight is 317 g/mol. The van der Waals surface area contributed by atoms with Crippen molar-refractivity contribution in [2.75, 3.05) is 12.8 Å². The summed E-state index contributed by atoms with van der Waals surface area (Å²) in [4.78, 5) is 2.40. The van der Waals surface area contributed by atoms with E-state index in [2.05, 4.69) is 46.2 Å². The summed E-state index contributed by atoms with van der Waals surface area (Å²) in [5.41, 5.74) is 1.02. The van der Waals surface area contributed by atoms with Crippen molar-refractivity contribution in [2.45, 2.75) is 44.0 Å². The first-order chi connectivity index (χ1) is 10.8. The summed E-state index contributed by atoms with van der Waals surface area (Å²) >= 11 is 2.10. The number of tetrazole rings is 1. The third-order valence-corrected chi connectivity index (χ3v) is 5.54. The molecule has 1 heterocycles. The van der Waals surface area contributed by atoms with Crippen LogP contribution in [0.25, 0.3) is 5.69 Å².